The largest absolute Gasteiger partial charge is 0.496 e. The van der Waals surface area contributed by atoms with E-state index >= 15 is 0 Å². The average molecular weight is 250 g/mol. The number of nitrogens with one attached hydrogen (secondary N) is 1. The molecule has 0 saturated carbocycles. The molecule has 1 unspecified atom stereocenters. The second-order valence-corrected chi connectivity index (χ2v) is 4.40. The topological polar surface area (TPSA) is 61.8 Å². The Bertz CT molecular complexity index is 448. The number of benzene rings is 1. The molecule has 0 aliphatic carbocycles. The molecule has 1 heterocycles. The molecule has 1 aliphatic heterocycles. The number of amides is 2. The van der Waals surface area contributed by atoms with Crippen LogP contribution in [0.3, 0.4) is 0 Å². The summed E-state index contributed by atoms with van der Waals surface area (Å²) < 4.78 is 5.21. The maximum atomic E-state index is 11.6. The van der Waals surface area contributed by atoms with Crippen molar-refractivity contribution in [2.45, 2.75) is 13.0 Å². The van der Waals surface area contributed by atoms with E-state index < -0.39 is 0 Å². The molecule has 1 aromatic carbocycles. The standard InChI is InChI=1S/C13H18N2O3/c1-9-7-10(3-4-12(9)18-2)11-8-15(5-6-16)13(17)14-11/h3-4,7,11,16H,5-6,8H2,1-2H3,(H,14,17). The van der Waals surface area contributed by atoms with Crippen LogP contribution in [0, 0.1) is 6.92 Å². The predicted molar refractivity (Wildman–Crippen MR) is 67.7 cm³/mol. The molecule has 98 valence electrons. The fourth-order valence-corrected chi connectivity index (χ4v) is 2.21. The first-order valence-corrected chi connectivity index (χ1v) is 5.96. The van der Waals surface area contributed by atoms with Gasteiger partial charge in [-0.1, -0.05) is 12.1 Å². The number of carbonyl (C=O) groups excluding carboxylic acids is 1. The minimum atomic E-state index is -0.123. The molecule has 0 spiro atoms. The summed E-state index contributed by atoms with van der Waals surface area (Å²) in [6.07, 6.45) is 0. The number of ether oxygens (including phenoxy) is 1. The monoisotopic (exact) mass is 250 g/mol. The van der Waals surface area contributed by atoms with Gasteiger partial charge in [-0.15, -0.1) is 0 Å². The Morgan fingerprint density at radius 2 is 2.33 bits per heavy atom. The van der Waals surface area contributed by atoms with Gasteiger partial charge in [0.2, 0.25) is 0 Å². The molecule has 0 radical (unpaired) electrons. The number of urea groups is 1. The Hall–Kier alpha value is -1.75. The van der Waals surface area contributed by atoms with E-state index in [1.807, 2.05) is 25.1 Å². The number of carbonyl (C=O) groups is 1. The molecule has 18 heavy (non-hydrogen) atoms. The lowest BCUT2D eigenvalue weighted by Gasteiger charge is -2.14. The van der Waals surface area contributed by atoms with Crippen molar-refractivity contribution >= 4 is 6.03 Å². The van der Waals surface area contributed by atoms with Crippen molar-refractivity contribution in [1.82, 2.24) is 10.2 Å². The molecule has 0 aromatic heterocycles. The molecule has 0 bridgehead atoms. The lowest BCUT2D eigenvalue weighted by molar-refractivity contribution is 0.196. The first-order valence-electron chi connectivity index (χ1n) is 5.96. The Morgan fingerprint density at radius 3 is 2.94 bits per heavy atom. The summed E-state index contributed by atoms with van der Waals surface area (Å²) in [5.41, 5.74) is 2.10. The van der Waals surface area contributed by atoms with Gasteiger partial charge in [-0.25, -0.2) is 4.79 Å². The van der Waals surface area contributed by atoms with E-state index in [0.29, 0.717) is 13.1 Å². The van der Waals surface area contributed by atoms with E-state index in [1.54, 1.807) is 12.0 Å². The highest BCUT2D eigenvalue weighted by Crippen LogP contribution is 2.25. The fourth-order valence-electron chi connectivity index (χ4n) is 2.21. The molecule has 1 aliphatic rings. The first kappa shape index (κ1) is 12.7. The zero-order valence-corrected chi connectivity index (χ0v) is 10.6. The molecule has 2 amide bonds. The van der Waals surface area contributed by atoms with Gasteiger partial charge in [0.25, 0.3) is 0 Å². The van der Waals surface area contributed by atoms with Crippen LogP contribution in [0.4, 0.5) is 4.79 Å². The lowest BCUT2D eigenvalue weighted by Crippen LogP contribution is -2.30. The zero-order valence-electron chi connectivity index (χ0n) is 10.6. The van der Waals surface area contributed by atoms with Gasteiger partial charge < -0.3 is 20.1 Å². The molecule has 5 heteroatoms. The second kappa shape index (κ2) is 5.27. The van der Waals surface area contributed by atoms with Crippen molar-refractivity contribution in [3.05, 3.63) is 29.3 Å². The van der Waals surface area contributed by atoms with Gasteiger partial charge in [-0.2, -0.15) is 0 Å². The number of aliphatic hydroxyl groups is 1. The maximum absolute atomic E-state index is 11.6. The predicted octanol–water partition coefficient (Wildman–Crippen LogP) is 1.06. The van der Waals surface area contributed by atoms with Gasteiger partial charge in [0.15, 0.2) is 0 Å². The normalized spacial score (nSPS) is 18.9. The van der Waals surface area contributed by atoms with E-state index in [1.165, 1.54) is 0 Å². The van der Waals surface area contributed by atoms with Crippen LogP contribution in [0.5, 0.6) is 5.75 Å². The van der Waals surface area contributed by atoms with E-state index in [9.17, 15) is 4.79 Å². The summed E-state index contributed by atoms with van der Waals surface area (Å²) in [6.45, 7) is 2.93. The highest BCUT2D eigenvalue weighted by atomic mass is 16.5. The Balaban J connectivity index is 2.13. The number of aliphatic hydroxyl groups excluding tert-OH is 1. The van der Waals surface area contributed by atoms with Crippen molar-refractivity contribution in [2.75, 3.05) is 26.8 Å². The summed E-state index contributed by atoms with van der Waals surface area (Å²) >= 11 is 0. The highest BCUT2D eigenvalue weighted by Gasteiger charge is 2.29. The number of aryl methyl sites for hydroxylation is 1. The summed E-state index contributed by atoms with van der Waals surface area (Å²) in [5, 5.41) is 11.8. The summed E-state index contributed by atoms with van der Waals surface area (Å²) in [5.74, 6) is 0.843. The molecule has 1 aromatic rings. The Morgan fingerprint density at radius 1 is 1.56 bits per heavy atom. The van der Waals surface area contributed by atoms with E-state index in [4.69, 9.17) is 9.84 Å². The molecule has 1 atom stereocenters. The minimum Gasteiger partial charge on any atom is -0.496 e. The molecule has 5 nitrogen and oxygen atoms in total. The van der Waals surface area contributed by atoms with Gasteiger partial charge in [-0.3, -0.25) is 0 Å². The van der Waals surface area contributed by atoms with Crippen LogP contribution in [-0.2, 0) is 0 Å². The Labute approximate surface area is 106 Å². The van der Waals surface area contributed by atoms with Crippen molar-refractivity contribution in [2.24, 2.45) is 0 Å². The second-order valence-electron chi connectivity index (χ2n) is 4.40. The molecule has 2 N–H and O–H groups in total. The highest BCUT2D eigenvalue weighted by molar-refractivity contribution is 5.77. The minimum absolute atomic E-state index is 0.0121. The van der Waals surface area contributed by atoms with Crippen LogP contribution >= 0.6 is 0 Å². The van der Waals surface area contributed by atoms with Crippen LogP contribution in [0.25, 0.3) is 0 Å². The number of nitrogens with zero attached hydrogens (tertiary/aromatic N) is 1. The van der Waals surface area contributed by atoms with Crippen LogP contribution in [0.1, 0.15) is 17.2 Å². The smallest absolute Gasteiger partial charge is 0.318 e. The van der Waals surface area contributed by atoms with Crippen LogP contribution in [-0.4, -0.2) is 42.8 Å². The molecular weight excluding hydrogens is 232 g/mol. The zero-order chi connectivity index (χ0) is 13.1. The third kappa shape index (κ3) is 2.41. The maximum Gasteiger partial charge on any atom is 0.318 e. The van der Waals surface area contributed by atoms with Crippen molar-refractivity contribution < 1.29 is 14.6 Å². The van der Waals surface area contributed by atoms with E-state index in [2.05, 4.69) is 5.32 Å². The summed E-state index contributed by atoms with van der Waals surface area (Å²) in [7, 11) is 1.64. The third-order valence-electron chi connectivity index (χ3n) is 3.18. The van der Waals surface area contributed by atoms with Crippen LogP contribution in [0.15, 0.2) is 18.2 Å². The summed E-state index contributed by atoms with van der Waals surface area (Å²) in [6, 6.07) is 5.74. The number of methoxy groups -OCH3 is 1. The van der Waals surface area contributed by atoms with Crippen LogP contribution in [0.2, 0.25) is 0 Å². The first-order chi connectivity index (χ1) is 8.65. The van der Waals surface area contributed by atoms with E-state index in [0.717, 1.165) is 16.9 Å². The quantitative estimate of drug-likeness (QED) is 0.840. The number of β-amino-alcohol motifs (C(OH)–C–C–N with tert-alkyl or cyclic N) is 1. The van der Waals surface area contributed by atoms with Crippen LogP contribution < -0.4 is 10.1 Å². The molecular formula is C13H18N2O3. The van der Waals surface area contributed by atoms with Gasteiger partial charge in [0, 0.05) is 13.1 Å². The lowest BCUT2D eigenvalue weighted by atomic mass is 10.0. The number of hydrogen-bond donors (Lipinski definition) is 2. The average Bonchev–Trinajstić information content (AvgIpc) is 2.71. The van der Waals surface area contributed by atoms with Gasteiger partial charge in [-0.05, 0) is 24.1 Å². The Kier molecular flexibility index (Phi) is 3.72. The van der Waals surface area contributed by atoms with E-state index in [-0.39, 0.29) is 18.7 Å². The molecule has 1 saturated heterocycles. The molecule has 2 rings (SSSR count). The van der Waals surface area contributed by atoms with Crippen molar-refractivity contribution in [3.63, 3.8) is 0 Å². The summed E-state index contributed by atoms with van der Waals surface area (Å²) in [4.78, 5) is 13.3. The van der Waals surface area contributed by atoms with Gasteiger partial charge in [0.05, 0.1) is 19.8 Å². The van der Waals surface area contributed by atoms with Gasteiger partial charge >= 0.3 is 6.03 Å². The van der Waals surface area contributed by atoms with Gasteiger partial charge in [0.1, 0.15) is 5.75 Å². The fraction of sp³-hybridized carbons (Fsp3) is 0.462. The van der Waals surface area contributed by atoms with Crippen molar-refractivity contribution in [3.8, 4) is 5.75 Å². The number of hydrogen-bond acceptors (Lipinski definition) is 3. The molecule has 1 fully saturated rings. The third-order valence-corrected chi connectivity index (χ3v) is 3.18. The van der Waals surface area contributed by atoms with Crippen molar-refractivity contribution in [1.29, 1.82) is 0 Å². The SMILES string of the molecule is COc1ccc(C2CN(CCO)C(=O)N2)cc1C. The number of rotatable bonds is 4.